The van der Waals surface area contributed by atoms with E-state index in [-0.39, 0.29) is 12.1 Å². The molecule has 1 amide bonds. The van der Waals surface area contributed by atoms with Crippen LogP contribution in [0.15, 0.2) is 12.7 Å². The van der Waals surface area contributed by atoms with E-state index in [2.05, 4.69) is 24.1 Å². The molecule has 0 radical (unpaired) electrons. The summed E-state index contributed by atoms with van der Waals surface area (Å²) >= 11 is 0. The van der Waals surface area contributed by atoms with E-state index >= 15 is 0 Å². The molecular weight excluding hydrogens is 228 g/mol. The molecule has 4 heteroatoms. The summed E-state index contributed by atoms with van der Waals surface area (Å²) in [5.41, 5.74) is -0.433. The molecule has 1 aliphatic rings. The molecule has 3 unspecified atom stereocenters. The standard InChI is InChI=1S/C14H26N2O2/c1-6-10(2)15-11-7-8-12(9-11)16-13(17)18-14(3,4)5/h6,10-12,15H,1,7-9H2,2-5H3,(H,16,17). The first kappa shape index (κ1) is 15.0. The molecule has 2 N–H and O–H groups in total. The molecular formula is C14H26N2O2. The van der Waals surface area contributed by atoms with Crippen LogP contribution >= 0.6 is 0 Å². The number of ether oxygens (including phenoxy) is 1. The fraction of sp³-hybridized carbons (Fsp3) is 0.786. The Kier molecular flexibility index (Phi) is 5.20. The zero-order valence-corrected chi connectivity index (χ0v) is 12.0. The van der Waals surface area contributed by atoms with E-state index in [4.69, 9.17) is 4.74 Å². The Hall–Kier alpha value is -1.03. The third kappa shape index (κ3) is 5.54. The number of alkyl carbamates (subject to hydrolysis) is 1. The third-order valence-electron chi connectivity index (χ3n) is 3.01. The first-order chi connectivity index (χ1) is 8.30. The van der Waals surface area contributed by atoms with Gasteiger partial charge in [0, 0.05) is 18.1 Å². The maximum absolute atomic E-state index is 11.6. The van der Waals surface area contributed by atoms with Crippen LogP contribution < -0.4 is 10.6 Å². The molecule has 0 aromatic heterocycles. The average Bonchev–Trinajstić information content (AvgIpc) is 2.62. The van der Waals surface area contributed by atoms with Crippen LogP contribution in [-0.2, 0) is 4.74 Å². The van der Waals surface area contributed by atoms with Crippen molar-refractivity contribution in [2.24, 2.45) is 0 Å². The van der Waals surface area contributed by atoms with Gasteiger partial charge >= 0.3 is 6.09 Å². The lowest BCUT2D eigenvalue weighted by molar-refractivity contribution is 0.0505. The van der Waals surface area contributed by atoms with Crippen molar-refractivity contribution < 1.29 is 9.53 Å². The molecule has 0 bridgehead atoms. The molecule has 0 saturated heterocycles. The summed E-state index contributed by atoms with van der Waals surface area (Å²) < 4.78 is 5.25. The molecule has 1 aliphatic carbocycles. The summed E-state index contributed by atoms with van der Waals surface area (Å²) in [5, 5.41) is 6.40. The Morgan fingerprint density at radius 3 is 2.56 bits per heavy atom. The smallest absolute Gasteiger partial charge is 0.407 e. The van der Waals surface area contributed by atoms with Crippen LogP contribution in [0, 0.1) is 0 Å². The first-order valence-corrected chi connectivity index (χ1v) is 6.68. The average molecular weight is 254 g/mol. The number of carbonyl (C=O) groups excluding carboxylic acids is 1. The van der Waals surface area contributed by atoms with Crippen molar-refractivity contribution in [2.75, 3.05) is 0 Å². The molecule has 0 spiro atoms. The van der Waals surface area contributed by atoms with Gasteiger partial charge in [-0.1, -0.05) is 6.08 Å². The molecule has 1 rings (SSSR count). The summed E-state index contributed by atoms with van der Waals surface area (Å²) in [5.74, 6) is 0. The van der Waals surface area contributed by atoms with E-state index in [1.807, 2.05) is 26.8 Å². The number of nitrogens with one attached hydrogen (secondary N) is 2. The highest BCUT2D eigenvalue weighted by Gasteiger charge is 2.27. The monoisotopic (exact) mass is 254 g/mol. The van der Waals surface area contributed by atoms with E-state index < -0.39 is 5.60 Å². The summed E-state index contributed by atoms with van der Waals surface area (Å²) in [6.45, 7) is 11.5. The Balaban J connectivity index is 2.30. The minimum atomic E-state index is -0.433. The van der Waals surface area contributed by atoms with Crippen LogP contribution in [0.25, 0.3) is 0 Å². The molecule has 3 atom stereocenters. The molecule has 0 aromatic rings. The molecule has 0 aromatic carbocycles. The van der Waals surface area contributed by atoms with Crippen molar-refractivity contribution in [3.8, 4) is 0 Å². The fourth-order valence-electron chi connectivity index (χ4n) is 2.18. The van der Waals surface area contributed by atoms with Crippen LogP contribution in [0.3, 0.4) is 0 Å². The Bertz CT molecular complexity index is 297. The first-order valence-electron chi connectivity index (χ1n) is 6.68. The number of amides is 1. The van der Waals surface area contributed by atoms with Gasteiger partial charge in [0.25, 0.3) is 0 Å². The lowest BCUT2D eigenvalue weighted by Gasteiger charge is -2.22. The van der Waals surface area contributed by atoms with Crippen molar-refractivity contribution in [1.82, 2.24) is 10.6 Å². The maximum atomic E-state index is 11.6. The van der Waals surface area contributed by atoms with Crippen molar-refractivity contribution in [3.63, 3.8) is 0 Å². The molecule has 1 fully saturated rings. The molecule has 0 heterocycles. The zero-order chi connectivity index (χ0) is 13.8. The van der Waals surface area contributed by atoms with Gasteiger partial charge in [0.1, 0.15) is 5.60 Å². The van der Waals surface area contributed by atoms with Gasteiger partial charge in [-0.05, 0) is 47.0 Å². The van der Waals surface area contributed by atoms with Crippen LogP contribution in [-0.4, -0.2) is 29.8 Å². The Morgan fingerprint density at radius 1 is 1.39 bits per heavy atom. The highest BCUT2D eigenvalue weighted by molar-refractivity contribution is 5.68. The molecule has 1 saturated carbocycles. The van der Waals surface area contributed by atoms with Crippen molar-refractivity contribution in [1.29, 1.82) is 0 Å². The maximum Gasteiger partial charge on any atom is 0.407 e. The van der Waals surface area contributed by atoms with Crippen molar-refractivity contribution in [2.45, 2.75) is 70.7 Å². The topological polar surface area (TPSA) is 50.4 Å². The van der Waals surface area contributed by atoms with Crippen LogP contribution in [0.4, 0.5) is 4.79 Å². The molecule has 104 valence electrons. The summed E-state index contributed by atoms with van der Waals surface area (Å²) in [4.78, 5) is 11.6. The van der Waals surface area contributed by atoms with E-state index in [1.54, 1.807) is 0 Å². The lowest BCUT2D eigenvalue weighted by Crippen LogP contribution is -2.39. The van der Waals surface area contributed by atoms with Crippen LogP contribution in [0.5, 0.6) is 0 Å². The van der Waals surface area contributed by atoms with Gasteiger partial charge in [-0.15, -0.1) is 6.58 Å². The minimum Gasteiger partial charge on any atom is -0.444 e. The van der Waals surface area contributed by atoms with Crippen molar-refractivity contribution in [3.05, 3.63) is 12.7 Å². The van der Waals surface area contributed by atoms with Gasteiger partial charge in [-0.25, -0.2) is 4.79 Å². The summed E-state index contributed by atoms with van der Waals surface area (Å²) in [7, 11) is 0. The Labute approximate surface area is 110 Å². The van der Waals surface area contributed by atoms with Crippen LogP contribution in [0.1, 0.15) is 47.0 Å². The van der Waals surface area contributed by atoms with E-state index in [0.717, 1.165) is 19.3 Å². The second-order valence-corrected chi connectivity index (χ2v) is 6.04. The van der Waals surface area contributed by atoms with E-state index in [0.29, 0.717) is 12.1 Å². The van der Waals surface area contributed by atoms with Gasteiger partial charge < -0.3 is 15.4 Å². The minimum absolute atomic E-state index is 0.217. The quantitative estimate of drug-likeness (QED) is 0.758. The van der Waals surface area contributed by atoms with Gasteiger partial charge in [0.2, 0.25) is 0 Å². The highest BCUT2D eigenvalue weighted by atomic mass is 16.6. The Morgan fingerprint density at radius 2 is 2.00 bits per heavy atom. The lowest BCUT2D eigenvalue weighted by atomic mass is 10.2. The van der Waals surface area contributed by atoms with E-state index in [9.17, 15) is 4.79 Å². The zero-order valence-electron chi connectivity index (χ0n) is 12.0. The normalized spacial score (nSPS) is 25.6. The van der Waals surface area contributed by atoms with Crippen molar-refractivity contribution >= 4 is 6.09 Å². The van der Waals surface area contributed by atoms with Gasteiger partial charge in [0.05, 0.1) is 0 Å². The van der Waals surface area contributed by atoms with Gasteiger partial charge in [-0.3, -0.25) is 0 Å². The molecule has 4 nitrogen and oxygen atoms in total. The van der Waals surface area contributed by atoms with Gasteiger partial charge in [-0.2, -0.15) is 0 Å². The van der Waals surface area contributed by atoms with Gasteiger partial charge in [0.15, 0.2) is 0 Å². The number of hydrogen-bond donors (Lipinski definition) is 2. The van der Waals surface area contributed by atoms with Crippen LogP contribution in [0.2, 0.25) is 0 Å². The molecule has 0 aliphatic heterocycles. The summed E-state index contributed by atoms with van der Waals surface area (Å²) in [6.07, 6.45) is 4.62. The number of hydrogen-bond acceptors (Lipinski definition) is 3. The predicted molar refractivity (Wildman–Crippen MR) is 73.6 cm³/mol. The highest BCUT2D eigenvalue weighted by Crippen LogP contribution is 2.20. The van der Waals surface area contributed by atoms with E-state index in [1.165, 1.54) is 0 Å². The fourth-order valence-corrected chi connectivity index (χ4v) is 2.18. The SMILES string of the molecule is C=CC(C)NC1CCC(NC(=O)OC(C)(C)C)C1. The molecule has 18 heavy (non-hydrogen) atoms. The second kappa shape index (κ2) is 6.23. The largest absolute Gasteiger partial charge is 0.444 e. The number of rotatable bonds is 4. The third-order valence-corrected chi connectivity index (χ3v) is 3.01. The number of carbonyl (C=O) groups is 1. The second-order valence-electron chi connectivity index (χ2n) is 6.04. The predicted octanol–water partition coefficient (Wildman–Crippen LogP) is 2.60. The summed E-state index contributed by atoms with van der Waals surface area (Å²) in [6, 6.07) is 0.988.